The van der Waals surface area contributed by atoms with Crippen LogP contribution >= 0.6 is 0 Å². The molecule has 0 aliphatic carbocycles. The van der Waals surface area contributed by atoms with E-state index >= 15 is 0 Å². The van der Waals surface area contributed by atoms with Crippen LogP contribution in [-0.2, 0) is 14.3 Å². The molecular formula is C14H19NO5. The highest BCUT2D eigenvalue weighted by Gasteiger charge is 2.23. The van der Waals surface area contributed by atoms with Crippen molar-refractivity contribution in [2.75, 3.05) is 19.5 Å². The third kappa shape index (κ3) is 4.15. The summed E-state index contributed by atoms with van der Waals surface area (Å²) in [6, 6.07) is 4.54. The minimum Gasteiger partial charge on any atom is -0.497 e. The number of esters is 2. The van der Waals surface area contributed by atoms with Crippen LogP contribution in [-0.4, -0.2) is 31.8 Å². The molecule has 110 valence electrons. The van der Waals surface area contributed by atoms with E-state index in [9.17, 15) is 9.59 Å². The van der Waals surface area contributed by atoms with Crippen LogP contribution in [0.5, 0.6) is 5.75 Å². The molecule has 2 N–H and O–H groups in total. The van der Waals surface area contributed by atoms with Gasteiger partial charge in [-0.15, -0.1) is 0 Å². The van der Waals surface area contributed by atoms with Crippen molar-refractivity contribution in [3.05, 3.63) is 23.8 Å². The molecule has 1 aromatic carbocycles. The van der Waals surface area contributed by atoms with Crippen LogP contribution < -0.4 is 10.5 Å². The molecule has 20 heavy (non-hydrogen) atoms. The Morgan fingerprint density at radius 2 is 1.95 bits per heavy atom. The fourth-order valence-electron chi connectivity index (χ4n) is 1.59. The fourth-order valence-corrected chi connectivity index (χ4v) is 1.59. The van der Waals surface area contributed by atoms with E-state index in [2.05, 4.69) is 0 Å². The van der Waals surface area contributed by atoms with Crippen LogP contribution in [0, 0.1) is 0 Å². The van der Waals surface area contributed by atoms with Gasteiger partial charge in [-0.2, -0.15) is 0 Å². The first-order chi connectivity index (χ1) is 9.51. The molecule has 0 saturated carbocycles. The minimum absolute atomic E-state index is 0.226. The van der Waals surface area contributed by atoms with E-state index in [1.807, 2.05) is 0 Å². The summed E-state index contributed by atoms with van der Waals surface area (Å²) >= 11 is 0. The van der Waals surface area contributed by atoms with Gasteiger partial charge in [0.05, 0.1) is 19.3 Å². The van der Waals surface area contributed by atoms with Crippen molar-refractivity contribution in [1.82, 2.24) is 0 Å². The smallest absolute Gasteiger partial charge is 0.347 e. The van der Waals surface area contributed by atoms with Gasteiger partial charge in [0.15, 0.2) is 6.10 Å². The lowest BCUT2D eigenvalue weighted by Crippen LogP contribution is -2.28. The average molecular weight is 281 g/mol. The quantitative estimate of drug-likeness (QED) is 0.631. The molecule has 0 aliphatic heterocycles. The maximum atomic E-state index is 12.0. The molecule has 0 bridgehead atoms. The predicted molar refractivity (Wildman–Crippen MR) is 73.5 cm³/mol. The van der Waals surface area contributed by atoms with Crippen molar-refractivity contribution >= 4 is 17.6 Å². The number of nitrogen functional groups attached to an aromatic ring is 1. The number of hydrogen-bond acceptors (Lipinski definition) is 6. The molecule has 0 spiro atoms. The molecule has 1 atom stereocenters. The molecule has 1 unspecified atom stereocenters. The van der Waals surface area contributed by atoms with Crippen molar-refractivity contribution in [3.8, 4) is 5.75 Å². The number of benzene rings is 1. The number of hydrogen-bond donors (Lipinski definition) is 1. The third-order valence-electron chi connectivity index (χ3n) is 2.57. The maximum absolute atomic E-state index is 12.0. The van der Waals surface area contributed by atoms with Crippen molar-refractivity contribution in [2.24, 2.45) is 0 Å². The van der Waals surface area contributed by atoms with Crippen LogP contribution in [0.3, 0.4) is 0 Å². The lowest BCUT2D eigenvalue weighted by Gasteiger charge is -2.15. The molecule has 6 nitrogen and oxygen atoms in total. The van der Waals surface area contributed by atoms with Gasteiger partial charge in [-0.05, 0) is 25.5 Å². The van der Waals surface area contributed by atoms with Crippen LogP contribution in [0.25, 0.3) is 0 Å². The van der Waals surface area contributed by atoms with E-state index < -0.39 is 18.0 Å². The highest BCUT2D eigenvalue weighted by molar-refractivity contribution is 5.92. The van der Waals surface area contributed by atoms with Crippen molar-refractivity contribution in [3.63, 3.8) is 0 Å². The summed E-state index contributed by atoms with van der Waals surface area (Å²) in [6.07, 6.45) is -0.584. The summed E-state index contributed by atoms with van der Waals surface area (Å²) in [7, 11) is 1.47. The SMILES string of the molecule is CCOC(=O)C(CC)OC(=O)c1cc(N)cc(OC)c1. The number of methoxy groups -OCH3 is 1. The molecule has 0 radical (unpaired) electrons. The van der Waals surface area contributed by atoms with Crippen LogP contribution in [0.1, 0.15) is 30.6 Å². The van der Waals surface area contributed by atoms with E-state index in [0.717, 1.165) is 0 Å². The molecule has 0 aliphatic rings. The lowest BCUT2D eigenvalue weighted by molar-refractivity contribution is -0.153. The Hall–Kier alpha value is -2.24. The highest BCUT2D eigenvalue weighted by atomic mass is 16.6. The number of anilines is 1. The predicted octanol–water partition coefficient (Wildman–Crippen LogP) is 1.78. The monoisotopic (exact) mass is 281 g/mol. The number of nitrogens with two attached hydrogens (primary N) is 1. The summed E-state index contributed by atoms with van der Waals surface area (Å²) < 4.78 is 15.0. The first-order valence-electron chi connectivity index (χ1n) is 6.34. The van der Waals surface area contributed by atoms with Crippen molar-refractivity contribution < 1.29 is 23.8 Å². The summed E-state index contributed by atoms with van der Waals surface area (Å²) in [5.74, 6) is -0.754. The normalized spacial score (nSPS) is 11.6. The van der Waals surface area contributed by atoms with Crippen LogP contribution in [0.4, 0.5) is 5.69 Å². The average Bonchev–Trinajstić information content (AvgIpc) is 2.43. The largest absolute Gasteiger partial charge is 0.497 e. The zero-order valence-electron chi connectivity index (χ0n) is 11.8. The molecule has 0 saturated heterocycles. The summed E-state index contributed by atoms with van der Waals surface area (Å²) in [4.78, 5) is 23.6. The van der Waals surface area contributed by atoms with Crippen LogP contribution in [0.15, 0.2) is 18.2 Å². The van der Waals surface area contributed by atoms with Gasteiger partial charge < -0.3 is 19.9 Å². The Bertz CT molecular complexity index is 486. The second-order valence-electron chi connectivity index (χ2n) is 4.05. The zero-order valence-corrected chi connectivity index (χ0v) is 11.8. The minimum atomic E-state index is -0.921. The number of rotatable bonds is 6. The van der Waals surface area contributed by atoms with Gasteiger partial charge in [-0.3, -0.25) is 0 Å². The number of carbonyl (C=O) groups excluding carboxylic acids is 2. The molecule has 0 aromatic heterocycles. The fraction of sp³-hybridized carbons (Fsp3) is 0.429. The van der Waals surface area contributed by atoms with E-state index in [1.165, 1.54) is 19.2 Å². The van der Waals surface area contributed by atoms with Crippen molar-refractivity contribution in [1.29, 1.82) is 0 Å². The Morgan fingerprint density at radius 1 is 1.25 bits per heavy atom. The van der Waals surface area contributed by atoms with Crippen LogP contribution in [0.2, 0.25) is 0 Å². The Balaban J connectivity index is 2.84. The number of ether oxygens (including phenoxy) is 3. The maximum Gasteiger partial charge on any atom is 0.347 e. The molecule has 0 heterocycles. The van der Waals surface area contributed by atoms with E-state index in [0.29, 0.717) is 17.9 Å². The highest BCUT2D eigenvalue weighted by Crippen LogP contribution is 2.20. The van der Waals surface area contributed by atoms with Gasteiger partial charge in [-0.1, -0.05) is 6.92 Å². The first kappa shape index (κ1) is 15.8. The van der Waals surface area contributed by atoms with Gasteiger partial charge in [0.2, 0.25) is 0 Å². The molecule has 0 fully saturated rings. The van der Waals surface area contributed by atoms with Gasteiger partial charge in [0.1, 0.15) is 5.75 Å². The zero-order chi connectivity index (χ0) is 15.1. The molecule has 1 rings (SSSR count). The topological polar surface area (TPSA) is 87.9 Å². The van der Waals surface area contributed by atoms with E-state index in [1.54, 1.807) is 19.9 Å². The molecule has 6 heteroatoms. The summed E-state index contributed by atoms with van der Waals surface area (Å²) in [5.41, 5.74) is 6.27. The Labute approximate surface area is 117 Å². The van der Waals surface area contributed by atoms with Gasteiger partial charge in [0, 0.05) is 11.8 Å². The second kappa shape index (κ2) is 7.37. The van der Waals surface area contributed by atoms with Gasteiger partial charge in [-0.25, -0.2) is 9.59 Å². The Morgan fingerprint density at radius 3 is 2.50 bits per heavy atom. The molecule has 1 aromatic rings. The number of carbonyl (C=O) groups is 2. The summed E-state index contributed by atoms with van der Waals surface area (Å²) in [5, 5.41) is 0. The first-order valence-corrected chi connectivity index (χ1v) is 6.34. The van der Waals surface area contributed by atoms with Gasteiger partial charge in [0.25, 0.3) is 0 Å². The second-order valence-corrected chi connectivity index (χ2v) is 4.05. The van der Waals surface area contributed by atoms with E-state index in [-0.39, 0.29) is 12.2 Å². The van der Waals surface area contributed by atoms with Crippen molar-refractivity contribution in [2.45, 2.75) is 26.4 Å². The molecular weight excluding hydrogens is 262 g/mol. The summed E-state index contributed by atoms with van der Waals surface area (Å²) in [6.45, 7) is 3.66. The standard InChI is InChI=1S/C14H19NO5/c1-4-12(14(17)19-5-2)20-13(16)9-6-10(15)8-11(7-9)18-3/h6-8,12H,4-5,15H2,1-3H3. The third-order valence-corrected chi connectivity index (χ3v) is 2.57. The Kier molecular flexibility index (Phi) is 5.83. The molecule has 0 amide bonds. The lowest BCUT2D eigenvalue weighted by atomic mass is 10.2. The van der Waals surface area contributed by atoms with E-state index in [4.69, 9.17) is 19.9 Å². The van der Waals surface area contributed by atoms with Gasteiger partial charge >= 0.3 is 11.9 Å².